The molecule has 0 bridgehead atoms. The molecule has 6 nitrogen and oxygen atoms in total. The number of hydrogen-bond acceptors (Lipinski definition) is 4. The van der Waals surface area contributed by atoms with E-state index in [1.165, 1.54) is 12.8 Å². The summed E-state index contributed by atoms with van der Waals surface area (Å²) < 4.78 is 7.13. The van der Waals surface area contributed by atoms with Crippen molar-refractivity contribution < 1.29 is 9.53 Å². The second kappa shape index (κ2) is 6.79. The molecule has 2 aromatic rings. The van der Waals surface area contributed by atoms with E-state index >= 15 is 0 Å². The van der Waals surface area contributed by atoms with Crippen molar-refractivity contribution in [2.45, 2.75) is 58.4 Å². The van der Waals surface area contributed by atoms with Crippen LogP contribution < -0.4 is 10.1 Å². The number of hydrogen-bond donors (Lipinski definition) is 1. The minimum absolute atomic E-state index is 0.138. The molecule has 6 heteroatoms. The van der Waals surface area contributed by atoms with Gasteiger partial charge in [-0.05, 0) is 44.2 Å². The predicted octanol–water partition coefficient (Wildman–Crippen LogP) is 2.59. The van der Waals surface area contributed by atoms with Crippen LogP contribution in [0.3, 0.4) is 0 Å². The number of aryl methyl sites for hydroxylation is 3. The largest absolute Gasteiger partial charge is 0.479 e. The van der Waals surface area contributed by atoms with Crippen molar-refractivity contribution in [1.82, 2.24) is 20.1 Å². The number of nitrogens with one attached hydrogen (secondary N) is 1. The van der Waals surface area contributed by atoms with Gasteiger partial charge < -0.3 is 10.1 Å². The summed E-state index contributed by atoms with van der Waals surface area (Å²) in [4.78, 5) is 16.9. The van der Waals surface area contributed by atoms with Crippen LogP contribution >= 0.6 is 0 Å². The lowest BCUT2D eigenvalue weighted by molar-refractivity contribution is -0.121. The Morgan fingerprint density at radius 2 is 2.04 bits per heavy atom. The van der Waals surface area contributed by atoms with Crippen LogP contribution in [-0.4, -0.2) is 33.8 Å². The van der Waals surface area contributed by atoms with Crippen molar-refractivity contribution >= 4 is 16.9 Å². The molecule has 0 aromatic carbocycles. The first-order valence-electron chi connectivity index (χ1n) is 8.67. The lowest BCUT2D eigenvalue weighted by Crippen LogP contribution is -2.32. The Morgan fingerprint density at radius 3 is 2.71 bits per heavy atom. The van der Waals surface area contributed by atoms with Crippen LogP contribution in [0.2, 0.25) is 0 Å². The minimum atomic E-state index is 0.138. The lowest BCUT2D eigenvalue weighted by Gasteiger charge is -2.14. The summed E-state index contributed by atoms with van der Waals surface area (Å²) in [7, 11) is 3.49. The van der Waals surface area contributed by atoms with Gasteiger partial charge in [-0.3, -0.25) is 4.79 Å². The van der Waals surface area contributed by atoms with Gasteiger partial charge in [0.05, 0.1) is 12.5 Å². The maximum atomic E-state index is 12.2. The van der Waals surface area contributed by atoms with Crippen molar-refractivity contribution in [3.05, 3.63) is 16.8 Å². The predicted molar refractivity (Wildman–Crippen MR) is 93.3 cm³/mol. The molecule has 2 heterocycles. The zero-order valence-electron chi connectivity index (χ0n) is 15.0. The summed E-state index contributed by atoms with van der Waals surface area (Å²) >= 11 is 0. The fourth-order valence-electron chi connectivity index (χ4n) is 3.72. The molecule has 130 valence electrons. The third-order valence-electron chi connectivity index (χ3n) is 5.04. The van der Waals surface area contributed by atoms with Crippen LogP contribution in [0.25, 0.3) is 11.0 Å². The number of pyridine rings is 1. The van der Waals surface area contributed by atoms with E-state index in [1.54, 1.807) is 11.8 Å². The van der Waals surface area contributed by atoms with Gasteiger partial charge in [0.15, 0.2) is 5.65 Å². The van der Waals surface area contributed by atoms with Gasteiger partial charge >= 0.3 is 0 Å². The highest BCUT2D eigenvalue weighted by Gasteiger charge is 2.20. The van der Waals surface area contributed by atoms with E-state index in [0.29, 0.717) is 24.8 Å². The van der Waals surface area contributed by atoms with Crippen LogP contribution in [0.1, 0.15) is 48.9 Å². The Bertz CT molecular complexity index is 760. The minimum Gasteiger partial charge on any atom is -0.479 e. The number of rotatable bonds is 5. The first kappa shape index (κ1) is 16.7. The average molecular weight is 330 g/mol. The van der Waals surface area contributed by atoms with Gasteiger partial charge in [-0.1, -0.05) is 12.8 Å². The zero-order chi connectivity index (χ0) is 17.3. The van der Waals surface area contributed by atoms with Gasteiger partial charge in [0, 0.05) is 25.2 Å². The van der Waals surface area contributed by atoms with Crippen LogP contribution in [-0.2, 0) is 18.3 Å². The van der Waals surface area contributed by atoms with E-state index < -0.39 is 0 Å². The van der Waals surface area contributed by atoms with Crippen molar-refractivity contribution in [1.29, 1.82) is 0 Å². The highest BCUT2D eigenvalue weighted by atomic mass is 16.5. The van der Waals surface area contributed by atoms with Gasteiger partial charge in [-0.2, -0.15) is 0 Å². The number of amides is 1. The molecule has 1 amide bonds. The molecule has 1 fully saturated rings. The monoisotopic (exact) mass is 330 g/mol. The Balaban J connectivity index is 1.80. The molecule has 0 aliphatic heterocycles. The summed E-state index contributed by atoms with van der Waals surface area (Å²) in [5.74, 6) is 0.730. The standard InChI is InChI=1S/C18H26N4O2/c1-11-14(9-10-15(23)20-13-7-5-6-8-13)12(2)19-17-16(11)18(24-4)21-22(17)3/h13H,5-10H2,1-4H3,(H,20,23). The molecule has 1 N–H and O–H groups in total. The van der Waals surface area contributed by atoms with Crippen molar-refractivity contribution in [3.8, 4) is 5.88 Å². The summed E-state index contributed by atoms with van der Waals surface area (Å²) in [5, 5.41) is 8.46. The van der Waals surface area contributed by atoms with Crippen LogP contribution in [0.15, 0.2) is 0 Å². The molecule has 2 aromatic heterocycles. The highest BCUT2D eigenvalue weighted by Crippen LogP contribution is 2.30. The number of fused-ring (bicyclic) bond motifs is 1. The maximum absolute atomic E-state index is 12.2. The lowest BCUT2D eigenvalue weighted by atomic mass is 10.00. The van der Waals surface area contributed by atoms with E-state index in [-0.39, 0.29) is 5.91 Å². The van der Waals surface area contributed by atoms with E-state index in [1.807, 2.05) is 14.0 Å². The average Bonchev–Trinajstić information content (AvgIpc) is 3.15. The van der Waals surface area contributed by atoms with Crippen molar-refractivity contribution in [2.75, 3.05) is 7.11 Å². The molecule has 3 rings (SSSR count). The molecule has 0 unspecified atom stereocenters. The molecule has 1 aliphatic carbocycles. The van der Waals surface area contributed by atoms with E-state index in [4.69, 9.17) is 4.74 Å². The Hall–Kier alpha value is -2.11. The normalized spacial score (nSPS) is 15.2. The topological polar surface area (TPSA) is 69.0 Å². The van der Waals surface area contributed by atoms with Gasteiger partial charge in [0.2, 0.25) is 11.8 Å². The Labute approximate surface area is 142 Å². The second-order valence-electron chi connectivity index (χ2n) is 6.68. The Kier molecular flexibility index (Phi) is 4.73. The molecule has 24 heavy (non-hydrogen) atoms. The maximum Gasteiger partial charge on any atom is 0.242 e. The summed E-state index contributed by atoms with van der Waals surface area (Å²) in [6.45, 7) is 4.06. The molecular weight excluding hydrogens is 304 g/mol. The van der Waals surface area contributed by atoms with E-state index in [0.717, 1.165) is 40.7 Å². The summed E-state index contributed by atoms with van der Waals surface area (Å²) in [6, 6.07) is 0.374. The number of ether oxygens (including phenoxy) is 1. The SMILES string of the molecule is COc1nn(C)c2nc(C)c(CCC(=O)NC3CCCC3)c(C)c12. The number of carbonyl (C=O) groups is 1. The number of methoxy groups -OCH3 is 1. The molecule has 0 radical (unpaired) electrons. The van der Waals surface area contributed by atoms with Gasteiger partial charge in [0.25, 0.3) is 0 Å². The highest BCUT2D eigenvalue weighted by molar-refractivity contribution is 5.86. The molecule has 0 atom stereocenters. The van der Waals surface area contributed by atoms with Crippen molar-refractivity contribution in [2.24, 2.45) is 7.05 Å². The second-order valence-corrected chi connectivity index (χ2v) is 6.68. The fraction of sp³-hybridized carbons (Fsp3) is 0.611. The van der Waals surface area contributed by atoms with Crippen LogP contribution in [0.5, 0.6) is 5.88 Å². The number of carbonyl (C=O) groups excluding carboxylic acids is 1. The molecule has 1 saturated carbocycles. The van der Waals surface area contributed by atoms with Gasteiger partial charge in [-0.15, -0.1) is 5.10 Å². The number of nitrogens with zero attached hydrogens (tertiary/aromatic N) is 3. The van der Waals surface area contributed by atoms with Crippen LogP contribution in [0.4, 0.5) is 0 Å². The molecule has 0 saturated heterocycles. The van der Waals surface area contributed by atoms with Crippen molar-refractivity contribution in [3.63, 3.8) is 0 Å². The molecular formula is C18H26N4O2. The Morgan fingerprint density at radius 1 is 1.33 bits per heavy atom. The van der Waals surface area contributed by atoms with Gasteiger partial charge in [0.1, 0.15) is 0 Å². The first-order chi connectivity index (χ1) is 11.5. The first-order valence-corrected chi connectivity index (χ1v) is 8.67. The summed E-state index contributed by atoms with van der Waals surface area (Å²) in [6.07, 6.45) is 5.87. The summed E-state index contributed by atoms with van der Waals surface area (Å²) in [5.41, 5.74) is 4.01. The zero-order valence-corrected chi connectivity index (χ0v) is 15.0. The van der Waals surface area contributed by atoms with Gasteiger partial charge in [-0.25, -0.2) is 9.67 Å². The quantitative estimate of drug-likeness (QED) is 0.915. The fourth-order valence-corrected chi connectivity index (χ4v) is 3.72. The van der Waals surface area contributed by atoms with Crippen LogP contribution in [0, 0.1) is 13.8 Å². The van der Waals surface area contributed by atoms with E-state index in [2.05, 4.69) is 22.3 Å². The number of aromatic nitrogens is 3. The van der Waals surface area contributed by atoms with E-state index in [9.17, 15) is 4.79 Å². The smallest absolute Gasteiger partial charge is 0.242 e. The molecule has 1 aliphatic rings. The molecule has 0 spiro atoms. The third-order valence-corrected chi connectivity index (χ3v) is 5.04. The third kappa shape index (κ3) is 3.09.